The molecule has 1 aliphatic rings. The highest BCUT2D eigenvalue weighted by Crippen LogP contribution is 2.34. The van der Waals surface area contributed by atoms with E-state index in [1.807, 2.05) is 11.3 Å². The second-order valence-electron chi connectivity index (χ2n) is 6.60. The van der Waals surface area contributed by atoms with Crippen LogP contribution in [0.5, 0.6) is 0 Å². The average Bonchev–Trinajstić information content (AvgIpc) is 2.89. The van der Waals surface area contributed by atoms with Crippen LogP contribution in [0.4, 0.5) is 0 Å². The minimum atomic E-state index is 0.221. The minimum Gasteiger partial charge on any atom is -0.376 e. The van der Waals surface area contributed by atoms with E-state index in [1.165, 1.54) is 9.75 Å². The second kappa shape index (κ2) is 6.56. The number of ether oxygens (including phenoxy) is 1. The van der Waals surface area contributed by atoms with E-state index in [0.29, 0.717) is 18.7 Å². The largest absolute Gasteiger partial charge is 0.376 e. The van der Waals surface area contributed by atoms with Crippen LogP contribution in [0, 0.1) is 0 Å². The topological polar surface area (TPSA) is 38.5 Å². The van der Waals surface area contributed by atoms with E-state index >= 15 is 0 Å². The molecule has 2 unspecified atom stereocenters. The zero-order valence-corrected chi connectivity index (χ0v) is 14.0. The summed E-state index contributed by atoms with van der Waals surface area (Å²) in [4.78, 5) is 5.33. The number of nitrogens with two attached hydrogens (primary N) is 1. The van der Waals surface area contributed by atoms with Crippen molar-refractivity contribution >= 4 is 11.3 Å². The third-order valence-electron chi connectivity index (χ3n) is 3.98. The predicted molar refractivity (Wildman–Crippen MR) is 86.4 cm³/mol. The van der Waals surface area contributed by atoms with Crippen molar-refractivity contribution in [2.24, 2.45) is 5.73 Å². The van der Waals surface area contributed by atoms with E-state index in [-0.39, 0.29) is 5.41 Å². The van der Waals surface area contributed by atoms with Crippen LogP contribution in [-0.2, 0) is 10.2 Å². The van der Waals surface area contributed by atoms with E-state index in [1.54, 1.807) is 0 Å². The third kappa shape index (κ3) is 3.61. The van der Waals surface area contributed by atoms with Gasteiger partial charge < -0.3 is 10.5 Å². The molecule has 1 aromatic heterocycles. The number of nitrogens with zero attached hydrogens (tertiary/aromatic N) is 1. The zero-order valence-electron chi connectivity index (χ0n) is 13.2. The van der Waals surface area contributed by atoms with Crippen LogP contribution in [0.25, 0.3) is 0 Å². The predicted octanol–water partition coefficient (Wildman–Crippen LogP) is 3.16. The molecule has 0 radical (unpaired) electrons. The minimum absolute atomic E-state index is 0.221. The molecular weight excluding hydrogens is 268 g/mol. The third-order valence-corrected chi connectivity index (χ3v) is 5.60. The van der Waals surface area contributed by atoms with Gasteiger partial charge in [0.2, 0.25) is 0 Å². The number of thiophene rings is 1. The molecule has 0 saturated carbocycles. The average molecular weight is 296 g/mol. The number of rotatable bonds is 4. The lowest BCUT2D eigenvalue weighted by Gasteiger charge is -2.37. The summed E-state index contributed by atoms with van der Waals surface area (Å²) >= 11 is 1.91. The maximum absolute atomic E-state index is 6.07. The Morgan fingerprint density at radius 1 is 1.45 bits per heavy atom. The zero-order chi connectivity index (χ0) is 14.8. The molecule has 0 spiro atoms. The summed E-state index contributed by atoms with van der Waals surface area (Å²) in [6.07, 6.45) is 1.44. The van der Waals surface area contributed by atoms with Crippen molar-refractivity contribution in [3.05, 3.63) is 21.9 Å². The van der Waals surface area contributed by atoms with Gasteiger partial charge in [-0.05, 0) is 24.0 Å². The summed E-state index contributed by atoms with van der Waals surface area (Å²) in [6, 6.07) is 4.87. The van der Waals surface area contributed by atoms with Gasteiger partial charge in [0.05, 0.1) is 18.8 Å². The molecule has 0 aromatic carbocycles. The molecule has 2 N–H and O–H groups in total. The molecule has 1 fully saturated rings. The number of morpholine rings is 1. The molecular formula is C16H28N2OS. The Kier molecular flexibility index (Phi) is 5.24. The van der Waals surface area contributed by atoms with Gasteiger partial charge in [0.15, 0.2) is 0 Å². The first kappa shape index (κ1) is 16.0. The Bertz CT molecular complexity index is 424. The summed E-state index contributed by atoms with van der Waals surface area (Å²) in [5, 5.41) is 0. The maximum Gasteiger partial charge on any atom is 0.0700 e. The van der Waals surface area contributed by atoms with Crippen molar-refractivity contribution in [1.29, 1.82) is 0 Å². The highest BCUT2D eigenvalue weighted by atomic mass is 32.1. The van der Waals surface area contributed by atoms with Gasteiger partial charge in [-0.2, -0.15) is 0 Å². The lowest BCUT2D eigenvalue weighted by molar-refractivity contribution is -0.0432. The molecule has 1 aliphatic heterocycles. The summed E-state index contributed by atoms with van der Waals surface area (Å²) in [5.74, 6) is 0. The molecule has 0 amide bonds. The number of hydrogen-bond donors (Lipinski definition) is 1. The fourth-order valence-electron chi connectivity index (χ4n) is 2.65. The van der Waals surface area contributed by atoms with E-state index in [9.17, 15) is 0 Å². The van der Waals surface area contributed by atoms with Gasteiger partial charge >= 0.3 is 0 Å². The Labute approximate surface area is 127 Å². The first-order chi connectivity index (χ1) is 9.45. The molecule has 0 aliphatic carbocycles. The van der Waals surface area contributed by atoms with Crippen LogP contribution in [0.1, 0.15) is 49.9 Å². The highest BCUT2D eigenvalue weighted by molar-refractivity contribution is 7.12. The highest BCUT2D eigenvalue weighted by Gasteiger charge is 2.27. The SMILES string of the molecule is CCC1CN(C(CN)c2ccc(C(C)(C)C)s2)CCO1. The van der Waals surface area contributed by atoms with Crippen molar-refractivity contribution in [3.8, 4) is 0 Å². The van der Waals surface area contributed by atoms with Crippen molar-refractivity contribution in [3.63, 3.8) is 0 Å². The lowest BCUT2D eigenvalue weighted by atomic mass is 9.95. The molecule has 0 bridgehead atoms. The Morgan fingerprint density at radius 2 is 2.20 bits per heavy atom. The first-order valence-electron chi connectivity index (χ1n) is 7.61. The normalized spacial score (nSPS) is 22.9. The van der Waals surface area contributed by atoms with Crippen LogP contribution in [-0.4, -0.2) is 37.2 Å². The van der Waals surface area contributed by atoms with Gasteiger partial charge in [0.1, 0.15) is 0 Å². The Morgan fingerprint density at radius 3 is 2.75 bits per heavy atom. The van der Waals surface area contributed by atoms with Gasteiger partial charge in [-0.1, -0.05) is 27.7 Å². The van der Waals surface area contributed by atoms with Crippen LogP contribution in [0.2, 0.25) is 0 Å². The van der Waals surface area contributed by atoms with Gasteiger partial charge in [-0.3, -0.25) is 4.90 Å². The molecule has 2 heterocycles. The van der Waals surface area contributed by atoms with Crippen molar-refractivity contribution in [2.75, 3.05) is 26.2 Å². The summed E-state index contributed by atoms with van der Waals surface area (Å²) < 4.78 is 5.77. The fourth-order valence-corrected chi connectivity index (χ4v) is 3.87. The summed E-state index contributed by atoms with van der Waals surface area (Å²) in [6.45, 7) is 12.5. The molecule has 20 heavy (non-hydrogen) atoms. The molecule has 114 valence electrons. The van der Waals surface area contributed by atoms with E-state index < -0.39 is 0 Å². The smallest absolute Gasteiger partial charge is 0.0700 e. The van der Waals surface area contributed by atoms with E-state index in [4.69, 9.17) is 10.5 Å². The molecule has 2 atom stereocenters. The summed E-state index contributed by atoms with van der Waals surface area (Å²) in [5.41, 5.74) is 6.29. The standard InChI is InChI=1S/C16H28N2OS/c1-5-12-11-18(8-9-19-12)13(10-17)14-6-7-15(20-14)16(2,3)4/h6-7,12-13H,5,8-11,17H2,1-4H3. The van der Waals surface area contributed by atoms with Crippen LogP contribution in [0.15, 0.2) is 12.1 Å². The fraction of sp³-hybridized carbons (Fsp3) is 0.750. The Hall–Kier alpha value is -0.420. The van der Waals surface area contributed by atoms with Crippen molar-refractivity contribution in [2.45, 2.75) is 51.7 Å². The summed E-state index contributed by atoms with van der Waals surface area (Å²) in [7, 11) is 0. The van der Waals surface area contributed by atoms with Crippen LogP contribution < -0.4 is 5.73 Å². The Balaban J connectivity index is 2.13. The molecule has 3 nitrogen and oxygen atoms in total. The molecule has 1 saturated heterocycles. The van der Waals surface area contributed by atoms with E-state index in [2.05, 4.69) is 44.7 Å². The van der Waals surface area contributed by atoms with Crippen LogP contribution >= 0.6 is 11.3 Å². The van der Waals surface area contributed by atoms with Gasteiger partial charge in [0, 0.05) is 29.4 Å². The molecule has 2 rings (SSSR count). The van der Waals surface area contributed by atoms with E-state index in [0.717, 1.165) is 26.1 Å². The quantitative estimate of drug-likeness (QED) is 0.927. The molecule has 1 aromatic rings. The van der Waals surface area contributed by atoms with Gasteiger partial charge in [0.25, 0.3) is 0 Å². The van der Waals surface area contributed by atoms with Gasteiger partial charge in [-0.15, -0.1) is 11.3 Å². The van der Waals surface area contributed by atoms with Gasteiger partial charge in [-0.25, -0.2) is 0 Å². The van der Waals surface area contributed by atoms with Crippen molar-refractivity contribution < 1.29 is 4.74 Å². The second-order valence-corrected chi connectivity index (χ2v) is 7.71. The van der Waals surface area contributed by atoms with Crippen molar-refractivity contribution in [1.82, 2.24) is 4.90 Å². The molecule has 4 heteroatoms. The van der Waals surface area contributed by atoms with Crippen LogP contribution in [0.3, 0.4) is 0 Å². The number of hydrogen-bond acceptors (Lipinski definition) is 4. The first-order valence-corrected chi connectivity index (χ1v) is 8.43. The monoisotopic (exact) mass is 296 g/mol. The lowest BCUT2D eigenvalue weighted by Crippen LogP contribution is -2.45. The maximum atomic E-state index is 6.07.